The number of methoxy groups -OCH3 is 1. The molecule has 13 heavy (non-hydrogen) atoms. The standard InChI is InChI=1S/C10H14N2O/c1-7-8-5-3-4-6-9(8)12-10(11-7)13-2/h3-6H2,1-2H3. The van der Waals surface area contributed by atoms with Gasteiger partial charge in [0.25, 0.3) is 0 Å². The van der Waals surface area contributed by atoms with Gasteiger partial charge < -0.3 is 4.74 Å². The molecule has 0 radical (unpaired) electrons. The minimum atomic E-state index is 0.512. The maximum Gasteiger partial charge on any atom is 0.316 e. The van der Waals surface area contributed by atoms with Crippen LogP contribution >= 0.6 is 0 Å². The lowest BCUT2D eigenvalue weighted by atomic mass is 9.95. The number of rotatable bonds is 1. The molecule has 3 nitrogen and oxygen atoms in total. The lowest BCUT2D eigenvalue weighted by Crippen LogP contribution is -2.10. The SMILES string of the molecule is COc1nc(C)c2c(n1)CCCC2. The molecule has 1 aliphatic carbocycles. The van der Waals surface area contributed by atoms with Gasteiger partial charge in [0.2, 0.25) is 0 Å². The number of fused-ring (bicyclic) bond motifs is 1. The number of aryl methyl sites for hydroxylation is 2. The van der Waals surface area contributed by atoms with E-state index >= 15 is 0 Å². The Balaban J connectivity index is 2.47. The second kappa shape index (κ2) is 3.32. The Labute approximate surface area is 78.2 Å². The van der Waals surface area contributed by atoms with Crippen molar-refractivity contribution >= 4 is 0 Å². The van der Waals surface area contributed by atoms with Gasteiger partial charge in [-0.25, -0.2) is 4.98 Å². The Morgan fingerprint density at radius 3 is 2.69 bits per heavy atom. The average Bonchev–Trinajstić information content (AvgIpc) is 2.18. The van der Waals surface area contributed by atoms with Crippen LogP contribution < -0.4 is 4.74 Å². The van der Waals surface area contributed by atoms with Gasteiger partial charge in [-0.1, -0.05) is 0 Å². The molecule has 0 saturated carbocycles. The second-order valence-corrected chi connectivity index (χ2v) is 3.43. The largest absolute Gasteiger partial charge is 0.467 e. The predicted octanol–water partition coefficient (Wildman–Crippen LogP) is 1.67. The van der Waals surface area contributed by atoms with Gasteiger partial charge in [0, 0.05) is 5.69 Å². The zero-order chi connectivity index (χ0) is 9.26. The molecule has 0 saturated heterocycles. The van der Waals surface area contributed by atoms with Crippen LogP contribution in [-0.4, -0.2) is 17.1 Å². The molecule has 0 amide bonds. The zero-order valence-corrected chi connectivity index (χ0v) is 8.13. The highest BCUT2D eigenvalue weighted by atomic mass is 16.5. The lowest BCUT2D eigenvalue weighted by Gasteiger charge is -2.16. The van der Waals surface area contributed by atoms with Gasteiger partial charge in [-0.3, -0.25) is 0 Å². The fraction of sp³-hybridized carbons (Fsp3) is 0.600. The van der Waals surface area contributed by atoms with E-state index in [-0.39, 0.29) is 0 Å². The molecule has 70 valence electrons. The van der Waals surface area contributed by atoms with E-state index in [1.165, 1.54) is 24.1 Å². The van der Waals surface area contributed by atoms with Gasteiger partial charge in [0.15, 0.2) is 0 Å². The first-order valence-corrected chi connectivity index (χ1v) is 4.71. The number of hydrogen-bond donors (Lipinski definition) is 0. The minimum Gasteiger partial charge on any atom is -0.467 e. The highest BCUT2D eigenvalue weighted by Crippen LogP contribution is 2.23. The van der Waals surface area contributed by atoms with Crippen molar-refractivity contribution in [2.24, 2.45) is 0 Å². The van der Waals surface area contributed by atoms with Crippen LogP contribution in [0, 0.1) is 6.92 Å². The Bertz CT molecular complexity index is 323. The van der Waals surface area contributed by atoms with E-state index in [9.17, 15) is 0 Å². The summed E-state index contributed by atoms with van der Waals surface area (Å²) in [4.78, 5) is 8.63. The van der Waals surface area contributed by atoms with Gasteiger partial charge in [-0.05, 0) is 38.2 Å². The van der Waals surface area contributed by atoms with E-state index in [1.54, 1.807) is 7.11 Å². The summed E-state index contributed by atoms with van der Waals surface area (Å²) in [6.45, 7) is 2.04. The van der Waals surface area contributed by atoms with Crippen LogP contribution in [0.4, 0.5) is 0 Å². The van der Waals surface area contributed by atoms with Crippen molar-refractivity contribution in [3.8, 4) is 6.01 Å². The Morgan fingerprint density at radius 2 is 1.92 bits per heavy atom. The maximum atomic E-state index is 5.04. The van der Waals surface area contributed by atoms with Crippen molar-refractivity contribution in [2.75, 3.05) is 7.11 Å². The molecule has 1 aliphatic rings. The summed E-state index contributed by atoms with van der Waals surface area (Å²) in [5.41, 5.74) is 3.62. The molecule has 0 aliphatic heterocycles. The van der Waals surface area contributed by atoms with Crippen LogP contribution in [0.15, 0.2) is 0 Å². The quantitative estimate of drug-likeness (QED) is 0.656. The normalized spacial score (nSPS) is 15.2. The first-order valence-electron chi connectivity index (χ1n) is 4.71. The molecule has 0 fully saturated rings. The molecule has 0 unspecified atom stereocenters. The molecule has 0 bridgehead atoms. The first-order chi connectivity index (χ1) is 6.31. The van der Waals surface area contributed by atoms with Crippen molar-refractivity contribution in [1.82, 2.24) is 9.97 Å². The summed E-state index contributed by atoms with van der Waals surface area (Å²) < 4.78 is 5.04. The minimum absolute atomic E-state index is 0.512. The molecule has 0 atom stereocenters. The summed E-state index contributed by atoms with van der Waals surface area (Å²) >= 11 is 0. The fourth-order valence-corrected chi connectivity index (χ4v) is 1.85. The molecule has 2 rings (SSSR count). The molecule has 1 heterocycles. The number of nitrogens with zero attached hydrogens (tertiary/aromatic N) is 2. The number of ether oxygens (including phenoxy) is 1. The summed E-state index contributed by atoms with van der Waals surface area (Å²) in [5, 5.41) is 0. The van der Waals surface area contributed by atoms with Crippen LogP contribution in [-0.2, 0) is 12.8 Å². The molecular formula is C10H14N2O. The second-order valence-electron chi connectivity index (χ2n) is 3.43. The summed E-state index contributed by atoms with van der Waals surface area (Å²) in [6, 6.07) is 0.512. The summed E-state index contributed by atoms with van der Waals surface area (Å²) in [5.74, 6) is 0. The number of aromatic nitrogens is 2. The van der Waals surface area contributed by atoms with Gasteiger partial charge in [-0.15, -0.1) is 0 Å². The van der Waals surface area contributed by atoms with E-state index in [4.69, 9.17) is 4.74 Å². The Kier molecular flexibility index (Phi) is 2.17. The highest BCUT2D eigenvalue weighted by Gasteiger charge is 2.15. The maximum absolute atomic E-state index is 5.04. The van der Waals surface area contributed by atoms with Crippen molar-refractivity contribution in [3.05, 3.63) is 17.0 Å². The molecule has 0 N–H and O–H groups in total. The van der Waals surface area contributed by atoms with Crippen molar-refractivity contribution in [1.29, 1.82) is 0 Å². The van der Waals surface area contributed by atoms with E-state index in [0.29, 0.717) is 6.01 Å². The molecule has 1 aromatic heterocycles. The third-order valence-electron chi connectivity index (χ3n) is 2.55. The van der Waals surface area contributed by atoms with Crippen molar-refractivity contribution in [2.45, 2.75) is 32.6 Å². The monoisotopic (exact) mass is 178 g/mol. The van der Waals surface area contributed by atoms with Gasteiger partial charge in [0.1, 0.15) is 0 Å². The van der Waals surface area contributed by atoms with Crippen LogP contribution in [0.3, 0.4) is 0 Å². The van der Waals surface area contributed by atoms with Crippen LogP contribution in [0.1, 0.15) is 29.8 Å². The predicted molar refractivity (Wildman–Crippen MR) is 50.0 cm³/mol. The van der Waals surface area contributed by atoms with Gasteiger partial charge in [0.05, 0.1) is 12.8 Å². The van der Waals surface area contributed by atoms with Gasteiger partial charge in [-0.2, -0.15) is 4.98 Å². The lowest BCUT2D eigenvalue weighted by molar-refractivity contribution is 0.374. The smallest absolute Gasteiger partial charge is 0.316 e. The highest BCUT2D eigenvalue weighted by molar-refractivity contribution is 5.28. The average molecular weight is 178 g/mol. The third-order valence-corrected chi connectivity index (χ3v) is 2.55. The fourth-order valence-electron chi connectivity index (χ4n) is 1.85. The summed E-state index contributed by atoms with van der Waals surface area (Å²) in [6.07, 6.45) is 4.72. The van der Waals surface area contributed by atoms with Crippen LogP contribution in [0.25, 0.3) is 0 Å². The topological polar surface area (TPSA) is 35.0 Å². The van der Waals surface area contributed by atoms with Crippen molar-refractivity contribution in [3.63, 3.8) is 0 Å². The van der Waals surface area contributed by atoms with Crippen LogP contribution in [0.5, 0.6) is 6.01 Å². The molecule has 1 aromatic rings. The molecule has 0 aromatic carbocycles. The zero-order valence-electron chi connectivity index (χ0n) is 8.13. The van der Waals surface area contributed by atoms with E-state index in [1.807, 2.05) is 6.92 Å². The van der Waals surface area contributed by atoms with Crippen LogP contribution in [0.2, 0.25) is 0 Å². The first kappa shape index (κ1) is 8.48. The van der Waals surface area contributed by atoms with Crippen molar-refractivity contribution < 1.29 is 4.74 Å². The Morgan fingerprint density at radius 1 is 1.15 bits per heavy atom. The molecule has 3 heteroatoms. The van der Waals surface area contributed by atoms with E-state index < -0.39 is 0 Å². The molecule has 0 spiro atoms. The Hall–Kier alpha value is -1.12. The van der Waals surface area contributed by atoms with E-state index in [0.717, 1.165) is 18.5 Å². The number of hydrogen-bond acceptors (Lipinski definition) is 3. The molecular weight excluding hydrogens is 164 g/mol. The third kappa shape index (κ3) is 1.50. The summed E-state index contributed by atoms with van der Waals surface area (Å²) in [7, 11) is 1.62. The van der Waals surface area contributed by atoms with E-state index in [2.05, 4.69) is 9.97 Å². The van der Waals surface area contributed by atoms with Gasteiger partial charge >= 0.3 is 6.01 Å².